The first-order chi connectivity index (χ1) is 13.7. The van der Waals surface area contributed by atoms with E-state index in [0.29, 0.717) is 11.6 Å². The van der Waals surface area contributed by atoms with Crippen molar-refractivity contribution in [3.8, 4) is 11.5 Å². The lowest BCUT2D eigenvalue weighted by Crippen LogP contribution is -2.48. The molecule has 6 nitrogen and oxygen atoms in total. The number of piperazine rings is 1. The van der Waals surface area contributed by atoms with Crippen LogP contribution in [0.3, 0.4) is 0 Å². The van der Waals surface area contributed by atoms with Crippen LogP contribution < -0.4 is 0 Å². The molecule has 0 N–H and O–H groups in total. The fraction of sp³-hybridized carbons (Fsp3) is 0.381. The van der Waals surface area contributed by atoms with Gasteiger partial charge in [0.05, 0.1) is 22.8 Å². The number of thiazole rings is 1. The molecule has 4 rings (SSSR count). The van der Waals surface area contributed by atoms with Crippen LogP contribution in [0.2, 0.25) is 0 Å². The minimum atomic E-state index is 0.106. The highest BCUT2D eigenvalue weighted by atomic mass is 32.1. The number of aryl methyl sites for hydroxylation is 1. The van der Waals surface area contributed by atoms with Crippen molar-refractivity contribution in [2.45, 2.75) is 26.3 Å². The smallest absolute Gasteiger partial charge is 0.228 e. The van der Waals surface area contributed by atoms with Gasteiger partial charge >= 0.3 is 0 Å². The molecule has 1 fully saturated rings. The predicted octanol–water partition coefficient (Wildman–Crippen LogP) is 3.25. The summed E-state index contributed by atoms with van der Waals surface area (Å²) < 4.78 is 5.54. The number of benzene rings is 1. The summed E-state index contributed by atoms with van der Waals surface area (Å²) in [5.74, 6) is 0.664. The number of amides is 1. The van der Waals surface area contributed by atoms with Gasteiger partial charge in [0.2, 0.25) is 11.8 Å². The molecule has 7 heteroatoms. The molecule has 1 amide bonds. The van der Waals surface area contributed by atoms with Crippen molar-refractivity contribution in [1.82, 2.24) is 19.8 Å². The fourth-order valence-corrected chi connectivity index (χ4v) is 4.07. The Morgan fingerprint density at radius 3 is 2.61 bits per heavy atom. The molecule has 0 bridgehead atoms. The highest BCUT2D eigenvalue weighted by Gasteiger charge is 2.22. The summed E-state index contributed by atoms with van der Waals surface area (Å²) in [6.45, 7) is 6.23. The first-order valence-corrected chi connectivity index (χ1v) is 10.5. The standard InChI is InChI=1S/C21H24N4O2S/c1-2-19-22-18(15-28-19)13-24-8-10-25(11-9-24)20(26)12-17-14-27-21(23-17)16-6-4-3-5-7-16/h3-7,14-15H,2,8-13H2,1H3. The maximum Gasteiger partial charge on any atom is 0.228 e. The highest BCUT2D eigenvalue weighted by molar-refractivity contribution is 7.09. The van der Waals surface area contributed by atoms with Crippen molar-refractivity contribution < 1.29 is 9.21 Å². The summed E-state index contributed by atoms with van der Waals surface area (Å²) in [7, 11) is 0. The molecule has 0 saturated carbocycles. The number of hydrogen-bond donors (Lipinski definition) is 0. The van der Waals surface area contributed by atoms with Gasteiger partial charge in [0.15, 0.2) is 0 Å². The Hall–Kier alpha value is -2.51. The molecule has 0 unspecified atom stereocenters. The Kier molecular flexibility index (Phi) is 5.83. The van der Waals surface area contributed by atoms with Crippen molar-refractivity contribution >= 4 is 17.2 Å². The fourth-order valence-electron chi connectivity index (χ4n) is 3.34. The molecular formula is C21H24N4O2S. The molecule has 1 aromatic carbocycles. The van der Waals surface area contributed by atoms with Gasteiger partial charge in [-0.2, -0.15) is 0 Å². The summed E-state index contributed by atoms with van der Waals surface area (Å²) in [4.78, 5) is 26.0. The maximum atomic E-state index is 12.6. The predicted molar refractivity (Wildman–Crippen MR) is 109 cm³/mol. The van der Waals surface area contributed by atoms with Crippen LogP contribution >= 0.6 is 11.3 Å². The van der Waals surface area contributed by atoms with Gasteiger partial charge in [-0.25, -0.2) is 9.97 Å². The average Bonchev–Trinajstić information content (AvgIpc) is 3.39. The van der Waals surface area contributed by atoms with Crippen LogP contribution in [0.5, 0.6) is 0 Å². The normalized spacial score (nSPS) is 15.1. The largest absolute Gasteiger partial charge is 0.444 e. The van der Waals surface area contributed by atoms with E-state index in [1.807, 2.05) is 35.2 Å². The summed E-state index contributed by atoms with van der Waals surface area (Å²) in [5.41, 5.74) is 2.74. The van der Waals surface area contributed by atoms with Crippen molar-refractivity contribution in [3.63, 3.8) is 0 Å². The first-order valence-electron chi connectivity index (χ1n) is 9.64. The third-order valence-electron chi connectivity index (χ3n) is 4.92. The zero-order valence-electron chi connectivity index (χ0n) is 16.0. The van der Waals surface area contributed by atoms with E-state index in [-0.39, 0.29) is 12.3 Å². The van der Waals surface area contributed by atoms with Gasteiger partial charge in [0.25, 0.3) is 0 Å². The Balaban J connectivity index is 1.28. The number of nitrogens with zero attached hydrogens (tertiary/aromatic N) is 4. The van der Waals surface area contributed by atoms with Crippen molar-refractivity contribution in [1.29, 1.82) is 0 Å². The number of carbonyl (C=O) groups excluding carboxylic acids is 1. The van der Waals surface area contributed by atoms with Crippen molar-refractivity contribution in [2.75, 3.05) is 26.2 Å². The van der Waals surface area contributed by atoms with Gasteiger partial charge < -0.3 is 9.32 Å². The van der Waals surface area contributed by atoms with E-state index >= 15 is 0 Å². The van der Waals surface area contributed by atoms with Crippen molar-refractivity contribution in [3.05, 3.63) is 58.4 Å². The van der Waals surface area contributed by atoms with E-state index in [1.54, 1.807) is 17.6 Å². The van der Waals surface area contributed by atoms with Gasteiger partial charge in [-0.1, -0.05) is 25.1 Å². The lowest BCUT2D eigenvalue weighted by Gasteiger charge is -2.34. The second-order valence-corrected chi connectivity index (χ2v) is 7.87. The van der Waals surface area contributed by atoms with Crippen LogP contribution in [0.15, 0.2) is 46.4 Å². The maximum absolute atomic E-state index is 12.6. The number of rotatable bonds is 6. The third-order valence-corrected chi connectivity index (χ3v) is 5.96. The minimum absolute atomic E-state index is 0.106. The molecule has 3 heterocycles. The molecule has 28 heavy (non-hydrogen) atoms. The second-order valence-electron chi connectivity index (χ2n) is 6.93. The summed E-state index contributed by atoms with van der Waals surface area (Å²) >= 11 is 1.73. The molecule has 1 aliphatic rings. The minimum Gasteiger partial charge on any atom is -0.444 e. The molecule has 0 radical (unpaired) electrons. The lowest BCUT2D eigenvalue weighted by atomic mass is 10.2. The van der Waals surface area contributed by atoms with E-state index in [4.69, 9.17) is 4.42 Å². The van der Waals surface area contributed by atoms with E-state index < -0.39 is 0 Å². The van der Waals surface area contributed by atoms with Gasteiger partial charge in [-0.05, 0) is 18.6 Å². The molecule has 2 aromatic heterocycles. The number of aromatic nitrogens is 2. The molecule has 1 saturated heterocycles. The number of hydrogen-bond acceptors (Lipinski definition) is 6. The topological polar surface area (TPSA) is 62.5 Å². The van der Waals surface area contributed by atoms with Crippen LogP contribution in [-0.2, 0) is 24.2 Å². The SMILES string of the molecule is CCc1nc(CN2CCN(C(=O)Cc3coc(-c4ccccc4)n3)CC2)cs1. The van der Waals surface area contributed by atoms with E-state index in [2.05, 4.69) is 27.2 Å². The van der Waals surface area contributed by atoms with Crippen LogP contribution in [0.1, 0.15) is 23.3 Å². The van der Waals surface area contributed by atoms with E-state index in [9.17, 15) is 4.79 Å². The second kappa shape index (κ2) is 8.67. The first kappa shape index (κ1) is 18.8. The third kappa shape index (κ3) is 4.48. The van der Waals surface area contributed by atoms with Gasteiger partial charge in [-0.15, -0.1) is 11.3 Å². The quantitative estimate of drug-likeness (QED) is 0.640. The Bertz CT molecular complexity index is 913. The van der Waals surface area contributed by atoms with Crippen LogP contribution in [0, 0.1) is 0 Å². The molecule has 0 spiro atoms. The van der Waals surface area contributed by atoms with Crippen LogP contribution in [0.4, 0.5) is 0 Å². The molecule has 3 aromatic rings. The number of oxazole rings is 1. The summed E-state index contributed by atoms with van der Waals surface area (Å²) in [6, 6.07) is 9.73. The van der Waals surface area contributed by atoms with Crippen molar-refractivity contribution in [2.24, 2.45) is 0 Å². The monoisotopic (exact) mass is 396 g/mol. The zero-order valence-corrected chi connectivity index (χ0v) is 16.8. The van der Waals surface area contributed by atoms with E-state index in [1.165, 1.54) is 5.01 Å². The molecule has 0 aliphatic carbocycles. The summed E-state index contributed by atoms with van der Waals surface area (Å²) in [6.07, 6.45) is 2.85. The lowest BCUT2D eigenvalue weighted by molar-refractivity contribution is -0.132. The Morgan fingerprint density at radius 2 is 1.89 bits per heavy atom. The molecule has 146 valence electrons. The van der Waals surface area contributed by atoms with Gasteiger partial charge in [-0.3, -0.25) is 9.69 Å². The number of carbonyl (C=O) groups is 1. The zero-order chi connectivity index (χ0) is 19.3. The molecule has 1 aliphatic heterocycles. The van der Waals surface area contributed by atoms with Crippen LogP contribution in [0.25, 0.3) is 11.5 Å². The molecular weight excluding hydrogens is 372 g/mol. The summed E-state index contributed by atoms with van der Waals surface area (Å²) in [5, 5.41) is 3.33. The van der Waals surface area contributed by atoms with Gasteiger partial charge in [0.1, 0.15) is 6.26 Å². The van der Waals surface area contributed by atoms with Crippen LogP contribution in [-0.4, -0.2) is 51.9 Å². The Morgan fingerprint density at radius 1 is 1.11 bits per heavy atom. The highest BCUT2D eigenvalue weighted by Crippen LogP contribution is 2.19. The molecule has 0 atom stereocenters. The van der Waals surface area contributed by atoms with E-state index in [0.717, 1.165) is 50.4 Å². The average molecular weight is 397 g/mol. The van der Waals surface area contributed by atoms with Gasteiger partial charge in [0, 0.05) is 43.7 Å². The Labute approximate surface area is 168 Å².